The van der Waals surface area contributed by atoms with Crippen LogP contribution in [0.1, 0.15) is 39.0 Å². The fourth-order valence-electron chi connectivity index (χ4n) is 1.46. The molecule has 11 heavy (non-hydrogen) atoms. The summed E-state index contributed by atoms with van der Waals surface area (Å²) < 4.78 is 0. The molecule has 0 spiro atoms. The molecule has 1 nitrogen and oxygen atoms in total. The molecule has 1 aliphatic rings. The molecule has 1 saturated carbocycles. The summed E-state index contributed by atoms with van der Waals surface area (Å²) >= 11 is 0. The molecule has 1 fully saturated rings. The Kier molecular flexibility index (Phi) is 2.57. The minimum Gasteiger partial charge on any atom is -0.390 e. The van der Waals surface area contributed by atoms with E-state index < -0.39 is 5.60 Å². The highest BCUT2D eigenvalue weighted by Crippen LogP contribution is 2.41. The van der Waals surface area contributed by atoms with Gasteiger partial charge >= 0.3 is 0 Å². The molecule has 0 aromatic heterocycles. The van der Waals surface area contributed by atoms with E-state index in [2.05, 4.69) is 5.92 Å². The van der Waals surface area contributed by atoms with Crippen LogP contribution in [0.25, 0.3) is 0 Å². The van der Waals surface area contributed by atoms with Gasteiger partial charge in [-0.25, -0.2) is 0 Å². The molecule has 1 rings (SSSR count). The van der Waals surface area contributed by atoms with E-state index in [1.54, 1.807) is 0 Å². The van der Waals surface area contributed by atoms with Crippen molar-refractivity contribution in [1.82, 2.24) is 0 Å². The topological polar surface area (TPSA) is 20.2 Å². The number of rotatable bonds is 4. The lowest BCUT2D eigenvalue weighted by atomic mass is 9.94. The minimum atomic E-state index is -0.434. The van der Waals surface area contributed by atoms with Crippen molar-refractivity contribution in [3.8, 4) is 12.3 Å². The van der Waals surface area contributed by atoms with Gasteiger partial charge in [-0.05, 0) is 38.5 Å². The molecular formula is C10H16O. The van der Waals surface area contributed by atoms with Gasteiger partial charge < -0.3 is 5.11 Å². The summed E-state index contributed by atoms with van der Waals surface area (Å²) in [7, 11) is 0. The molecule has 1 unspecified atom stereocenters. The first-order valence-electron chi connectivity index (χ1n) is 4.32. The lowest BCUT2D eigenvalue weighted by Gasteiger charge is -2.21. The zero-order valence-corrected chi connectivity index (χ0v) is 7.14. The number of aliphatic hydroxyl groups is 1. The number of hydrogen-bond acceptors (Lipinski definition) is 1. The Balaban J connectivity index is 2.18. The van der Waals surface area contributed by atoms with Crippen molar-refractivity contribution in [2.75, 3.05) is 0 Å². The predicted molar refractivity (Wildman–Crippen MR) is 46.0 cm³/mol. The molecule has 0 bridgehead atoms. The van der Waals surface area contributed by atoms with Crippen molar-refractivity contribution in [3.05, 3.63) is 0 Å². The highest BCUT2D eigenvalue weighted by molar-refractivity contribution is 4.92. The third kappa shape index (κ3) is 2.55. The summed E-state index contributed by atoms with van der Waals surface area (Å²) in [6.07, 6.45) is 10.1. The van der Waals surface area contributed by atoms with Crippen LogP contribution < -0.4 is 0 Å². The van der Waals surface area contributed by atoms with E-state index in [0.29, 0.717) is 5.92 Å². The average Bonchev–Trinajstić information content (AvgIpc) is 2.68. The van der Waals surface area contributed by atoms with Crippen LogP contribution in [0.5, 0.6) is 0 Å². The highest BCUT2D eigenvalue weighted by Gasteiger charge is 2.38. The zero-order chi connectivity index (χ0) is 8.32. The summed E-state index contributed by atoms with van der Waals surface area (Å²) in [5.74, 6) is 3.14. The molecule has 0 heterocycles. The maximum Gasteiger partial charge on any atom is 0.0648 e. The summed E-state index contributed by atoms with van der Waals surface area (Å²) in [4.78, 5) is 0. The SMILES string of the molecule is C#CCCCC(C)(O)C1CC1. The predicted octanol–water partition coefficient (Wildman–Crippen LogP) is 1.95. The molecule has 1 atom stereocenters. The second-order valence-corrected chi connectivity index (χ2v) is 3.69. The number of hydrogen-bond donors (Lipinski definition) is 1. The zero-order valence-electron chi connectivity index (χ0n) is 7.14. The normalized spacial score (nSPS) is 22.3. The second kappa shape index (κ2) is 3.28. The minimum absolute atomic E-state index is 0.434. The van der Waals surface area contributed by atoms with Crippen LogP contribution in [0.3, 0.4) is 0 Å². The van der Waals surface area contributed by atoms with E-state index in [4.69, 9.17) is 6.42 Å². The molecule has 0 saturated heterocycles. The van der Waals surface area contributed by atoms with Gasteiger partial charge in [-0.1, -0.05) is 0 Å². The van der Waals surface area contributed by atoms with Crippen molar-refractivity contribution >= 4 is 0 Å². The summed E-state index contributed by atoms with van der Waals surface area (Å²) in [6, 6.07) is 0. The van der Waals surface area contributed by atoms with Gasteiger partial charge in [0.25, 0.3) is 0 Å². The first kappa shape index (κ1) is 8.62. The number of unbranched alkanes of at least 4 members (excludes halogenated alkanes) is 1. The van der Waals surface area contributed by atoms with Gasteiger partial charge in [0.15, 0.2) is 0 Å². The maximum atomic E-state index is 9.81. The van der Waals surface area contributed by atoms with Crippen LogP contribution in [-0.4, -0.2) is 10.7 Å². The van der Waals surface area contributed by atoms with E-state index in [0.717, 1.165) is 19.3 Å². The molecule has 0 radical (unpaired) electrons. The van der Waals surface area contributed by atoms with Crippen molar-refractivity contribution in [1.29, 1.82) is 0 Å². The van der Waals surface area contributed by atoms with Crippen LogP contribution >= 0.6 is 0 Å². The smallest absolute Gasteiger partial charge is 0.0648 e. The molecule has 0 amide bonds. The van der Waals surface area contributed by atoms with E-state index in [1.165, 1.54) is 12.8 Å². The Bertz CT molecular complexity index is 160. The van der Waals surface area contributed by atoms with Crippen molar-refractivity contribution in [2.24, 2.45) is 5.92 Å². The fraction of sp³-hybridized carbons (Fsp3) is 0.800. The average molecular weight is 152 g/mol. The molecule has 0 aliphatic heterocycles. The molecule has 0 aromatic carbocycles. The van der Waals surface area contributed by atoms with E-state index >= 15 is 0 Å². The van der Waals surface area contributed by atoms with Gasteiger partial charge in [0, 0.05) is 6.42 Å². The van der Waals surface area contributed by atoms with E-state index in [1.807, 2.05) is 6.92 Å². The third-order valence-corrected chi connectivity index (χ3v) is 2.46. The van der Waals surface area contributed by atoms with Crippen LogP contribution in [0.2, 0.25) is 0 Å². The van der Waals surface area contributed by atoms with Gasteiger partial charge in [-0.15, -0.1) is 12.3 Å². The van der Waals surface area contributed by atoms with Crippen molar-refractivity contribution < 1.29 is 5.11 Å². The molecule has 0 aromatic rings. The molecular weight excluding hydrogens is 136 g/mol. The Morgan fingerprint density at radius 2 is 2.27 bits per heavy atom. The third-order valence-electron chi connectivity index (χ3n) is 2.46. The number of terminal acetylenes is 1. The molecule has 1 heteroatoms. The quantitative estimate of drug-likeness (QED) is 0.482. The second-order valence-electron chi connectivity index (χ2n) is 3.69. The largest absolute Gasteiger partial charge is 0.390 e. The standard InChI is InChI=1S/C10H16O/c1-3-4-5-8-10(2,11)9-6-7-9/h1,9,11H,4-8H2,2H3. The highest BCUT2D eigenvalue weighted by atomic mass is 16.3. The van der Waals surface area contributed by atoms with E-state index in [-0.39, 0.29) is 0 Å². The van der Waals surface area contributed by atoms with Crippen LogP contribution in [0, 0.1) is 18.3 Å². The van der Waals surface area contributed by atoms with Gasteiger partial charge in [0.2, 0.25) is 0 Å². The van der Waals surface area contributed by atoms with Gasteiger partial charge in [-0.2, -0.15) is 0 Å². The lowest BCUT2D eigenvalue weighted by molar-refractivity contribution is 0.0265. The van der Waals surface area contributed by atoms with Crippen molar-refractivity contribution in [2.45, 2.75) is 44.6 Å². The Hall–Kier alpha value is -0.480. The monoisotopic (exact) mass is 152 g/mol. The summed E-state index contributed by atoms with van der Waals surface area (Å²) in [5, 5.41) is 9.81. The Labute approximate surface area is 68.8 Å². The van der Waals surface area contributed by atoms with E-state index in [9.17, 15) is 5.11 Å². The lowest BCUT2D eigenvalue weighted by Crippen LogP contribution is -2.26. The van der Waals surface area contributed by atoms with Crippen LogP contribution in [0.15, 0.2) is 0 Å². The summed E-state index contributed by atoms with van der Waals surface area (Å²) in [6.45, 7) is 1.93. The van der Waals surface area contributed by atoms with Crippen molar-refractivity contribution in [3.63, 3.8) is 0 Å². The van der Waals surface area contributed by atoms with Gasteiger partial charge in [0.1, 0.15) is 0 Å². The van der Waals surface area contributed by atoms with Gasteiger partial charge in [0.05, 0.1) is 5.60 Å². The summed E-state index contributed by atoms with van der Waals surface area (Å²) in [5.41, 5.74) is -0.434. The fourth-order valence-corrected chi connectivity index (χ4v) is 1.46. The molecule has 1 aliphatic carbocycles. The maximum absolute atomic E-state index is 9.81. The molecule has 1 N–H and O–H groups in total. The van der Waals surface area contributed by atoms with Crippen LogP contribution in [-0.2, 0) is 0 Å². The Morgan fingerprint density at radius 1 is 1.64 bits per heavy atom. The molecule has 62 valence electrons. The first-order valence-corrected chi connectivity index (χ1v) is 4.32. The van der Waals surface area contributed by atoms with Gasteiger partial charge in [-0.3, -0.25) is 0 Å². The first-order chi connectivity index (χ1) is 5.17. The Morgan fingerprint density at radius 3 is 2.73 bits per heavy atom. The van der Waals surface area contributed by atoms with Crippen LogP contribution in [0.4, 0.5) is 0 Å².